The average molecular weight is 368 g/mol. The molecule has 5 heteroatoms. The number of amides is 1. The van der Waals surface area contributed by atoms with Gasteiger partial charge in [0.25, 0.3) is 5.91 Å². The van der Waals surface area contributed by atoms with Gasteiger partial charge in [0.2, 0.25) is 0 Å². The van der Waals surface area contributed by atoms with Crippen LogP contribution in [0, 0.1) is 13.8 Å². The lowest BCUT2D eigenvalue weighted by molar-refractivity contribution is 0.102. The number of anilines is 1. The molecule has 0 aliphatic rings. The highest BCUT2D eigenvalue weighted by Gasteiger charge is 2.19. The fourth-order valence-electron chi connectivity index (χ4n) is 3.05. The SMILES string of the molecule is Cc1cccc(-c2nn(-c3ccccc3)cc2C(=O)Nc2cccc(C)n2)c1. The molecule has 0 unspecified atom stereocenters. The van der Waals surface area contributed by atoms with Gasteiger partial charge in [0, 0.05) is 17.5 Å². The van der Waals surface area contributed by atoms with E-state index < -0.39 is 0 Å². The van der Waals surface area contributed by atoms with Gasteiger partial charge < -0.3 is 5.32 Å². The highest BCUT2D eigenvalue weighted by molar-refractivity contribution is 6.07. The highest BCUT2D eigenvalue weighted by Crippen LogP contribution is 2.25. The van der Waals surface area contributed by atoms with Crippen LogP contribution >= 0.6 is 0 Å². The second kappa shape index (κ2) is 7.48. The van der Waals surface area contributed by atoms with Crippen molar-refractivity contribution in [1.29, 1.82) is 0 Å². The van der Waals surface area contributed by atoms with Crippen LogP contribution in [-0.4, -0.2) is 20.7 Å². The van der Waals surface area contributed by atoms with Crippen molar-refractivity contribution in [1.82, 2.24) is 14.8 Å². The Kier molecular flexibility index (Phi) is 4.72. The Morgan fingerprint density at radius 1 is 0.929 bits per heavy atom. The fourth-order valence-corrected chi connectivity index (χ4v) is 3.05. The lowest BCUT2D eigenvalue weighted by Gasteiger charge is -2.06. The molecule has 4 aromatic rings. The van der Waals surface area contributed by atoms with Crippen LogP contribution in [0.3, 0.4) is 0 Å². The summed E-state index contributed by atoms with van der Waals surface area (Å²) in [6, 6.07) is 23.3. The van der Waals surface area contributed by atoms with E-state index in [1.807, 2.05) is 80.6 Å². The third-order valence-corrected chi connectivity index (χ3v) is 4.40. The zero-order chi connectivity index (χ0) is 19.5. The smallest absolute Gasteiger partial charge is 0.260 e. The molecule has 0 spiro atoms. The van der Waals surface area contributed by atoms with Crippen molar-refractivity contribution >= 4 is 11.7 Å². The van der Waals surface area contributed by atoms with E-state index in [1.165, 1.54) is 0 Å². The average Bonchev–Trinajstić information content (AvgIpc) is 3.14. The molecule has 4 rings (SSSR count). The van der Waals surface area contributed by atoms with Crippen molar-refractivity contribution < 1.29 is 4.79 Å². The second-order valence-corrected chi connectivity index (χ2v) is 6.66. The molecule has 2 heterocycles. The van der Waals surface area contributed by atoms with Crippen molar-refractivity contribution in [3.63, 3.8) is 0 Å². The van der Waals surface area contributed by atoms with Gasteiger partial charge in [-0.3, -0.25) is 4.79 Å². The third-order valence-electron chi connectivity index (χ3n) is 4.40. The molecule has 0 fully saturated rings. The summed E-state index contributed by atoms with van der Waals surface area (Å²) in [6.07, 6.45) is 1.76. The van der Waals surface area contributed by atoms with Crippen molar-refractivity contribution in [2.45, 2.75) is 13.8 Å². The van der Waals surface area contributed by atoms with Crippen LogP contribution in [0.2, 0.25) is 0 Å². The minimum atomic E-state index is -0.239. The molecule has 0 bridgehead atoms. The lowest BCUT2D eigenvalue weighted by atomic mass is 10.1. The lowest BCUT2D eigenvalue weighted by Crippen LogP contribution is -2.13. The van der Waals surface area contributed by atoms with Gasteiger partial charge in [0.1, 0.15) is 11.5 Å². The van der Waals surface area contributed by atoms with Crippen LogP contribution in [0.15, 0.2) is 79.0 Å². The number of carbonyl (C=O) groups excluding carboxylic acids is 1. The van der Waals surface area contributed by atoms with Gasteiger partial charge in [0.05, 0.1) is 11.3 Å². The number of para-hydroxylation sites is 1. The topological polar surface area (TPSA) is 59.8 Å². The third kappa shape index (κ3) is 3.69. The summed E-state index contributed by atoms with van der Waals surface area (Å²) >= 11 is 0. The quantitative estimate of drug-likeness (QED) is 0.563. The molecule has 0 saturated heterocycles. The summed E-state index contributed by atoms with van der Waals surface area (Å²) in [4.78, 5) is 17.4. The fraction of sp³-hybridized carbons (Fsp3) is 0.0870. The van der Waals surface area contributed by atoms with E-state index in [2.05, 4.69) is 10.3 Å². The van der Waals surface area contributed by atoms with Gasteiger partial charge in [-0.1, -0.05) is 48.0 Å². The van der Waals surface area contributed by atoms with E-state index in [4.69, 9.17) is 5.10 Å². The van der Waals surface area contributed by atoms with Gasteiger partial charge in [-0.25, -0.2) is 9.67 Å². The highest BCUT2D eigenvalue weighted by atomic mass is 16.1. The number of rotatable bonds is 4. The molecule has 2 aromatic heterocycles. The Morgan fingerprint density at radius 2 is 1.71 bits per heavy atom. The van der Waals surface area contributed by atoms with E-state index in [0.29, 0.717) is 17.1 Å². The first-order chi connectivity index (χ1) is 13.6. The summed E-state index contributed by atoms with van der Waals surface area (Å²) in [5, 5.41) is 7.59. The molecule has 0 saturated carbocycles. The normalized spacial score (nSPS) is 10.6. The second-order valence-electron chi connectivity index (χ2n) is 6.66. The van der Waals surface area contributed by atoms with Crippen molar-refractivity contribution in [3.8, 4) is 16.9 Å². The van der Waals surface area contributed by atoms with E-state index in [0.717, 1.165) is 22.5 Å². The number of pyridine rings is 1. The summed E-state index contributed by atoms with van der Waals surface area (Å²) < 4.78 is 1.73. The number of nitrogens with one attached hydrogen (secondary N) is 1. The molecule has 1 N–H and O–H groups in total. The molecule has 138 valence electrons. The number of benzene rings is 2. The van der Waals surface area contributed by atoms with E-state index in [-0.39, 0.29) is 5.91 Å². The maximum absolute atomic E-state index is 13.0. The van der Waals surface area contributed by atoms with Crippen LogP contribution in [0.25, 0.3) is 16.9 Å². The Hall–Kier alpha value is -3.73. The molecule has 0 aliphatic carbocycles. The number of carbonyl (C=O) groups is 1. The zero-order valence-electron chi connectivity index (χ0n) is 15.8. The number of aryl methyl sites for hydroxylation is 2. The summed E-state index contributed by atoms with van der Waals surface area (Å²) in [7, 11) is 0. The van der Waals surface area contributed by atoms with Gasteiger partial charge in [0.15, 0.2) is 0 Å². The van der Waals surface area contributed by atoms with Crippen molar-refractivity contribution in [3.05, 3.63) is 95.8 Å². The molecule has 0 atom stereocenters. The molecule has 0 radical (unpaired) electrons. The number of hydrogen-bond acceptors (Lipinski definition) is 3. The van der Waals surface area contributed by atoms with Crippen LogP contribution in [0.1, 0.15) is 21.6 Å². The van der Waals surface area contributed by atoms with Gasteiger partial charge >= 0.3 is 0 Å². The first kappa shape index (κ1) is 17.7. The monoisotopic (exact) mass is 368 g/mol. The molecule has 28 heavy (non-hydrogen) atoms. The molecule has 0 aliphatic heterocycles. The first-order valence-electron chi connectivity index (χ1n) is 9.07. The van der Waals surface area contributed by atoms with E-state index in [1.54, 1.807) is 16.9 Å². The van der Waals surface area contributed by atoms with Gasteiger partial charge in [-0.05, 0) is 44.2 Å². The largest absolute Gasteiger partial charge is 0.306 e. The number of aromatic nitrogens is 3. The first-order valence-corrected chi connectivity index (χ1v) is 9.07. The van der Waals surface area contributed by atoms with Crippen LogP contribution in [0.4, 0.5) is 5.82 Å². The summed E-state index contributed by atoms with van der Waals surface area (Å²) in [5.74, 6) is 0.282. The summed E-state index contributed by atoms with van der Waals surface area (Å²) in [5.41, 5.74) is 4.88. The molecule has 1 amide bonds. The minimum absolute atomic E-state index is 0.239. The zero-order valence-corrected chi connectivity index (χ0v) is 15.8. The maximum atomic E-state index is 13.0. The Morgan fingerprint density at radius 3 is 2.46 bits per heavy atom. The van der Waals surface area contributed by atoms with E-state index in [9.17, 15) is 4.79 Å². The minimum Gasteiger partial charge on any atom is -0.306 e. The summed E-state index contributed by atoms with van der Waals surface area (Å²) in [6.45, 7) is 3.91. The van der Waals surface area contributed by atoms with Crippen LogP contribution in [-0.2, 0) is 0 Å². The standard InChI is InChI=1S/C23H20N4O/c1-16-8-6-10-18(14-16)22-20(15-27(26-22)19-11-4-3-5-12-19)23(28)25-21-13-7-9-17(2)24-21/h3-15H,1-2H3,(H,24,25,28). The Balaban J connectivity index is 1.78. The van der Waals surface area contributed by atoms with Crippen LogP contribution < -0.4 is 5.32 Å². The maximum Gasteiger partial charge on any atom is 0.260 e. The van der Waals surface area contributed by atoms with Gasteiger partial charge in [-0.15, -0.1) is 0 Å². The predicted molar refractivity (Wildman–Crippen MR) is 111 cm³/mol. The number of nitrogens with zero attached hydrogens (tertiary/aromatic N) is 3. The Labute approximate surface area is 163 Å². The predicted octanol–water partition coefficient (Wildman–Crippen LogP) is 4.80. The molecular formula is C23H20N4O. The Bertz CT molecular complexity index is 1130. The van der Waals surface area contributed by atoms with E-state index >= 15 is 0 Å². The van der Waals surface area contributed by atoms with Crippen LogP contribution in [0.5, 0.6) is 0 Å². The van der Waals surface area contributed by atoms with Crippen molar-refractivity contribution in [2.75, 3.05) is 5.32 Å². The molecule has 2 aromatic carbocycles. The van der Waals surface area contributed by atoms with Gasteiger partial charge in [-0.2, -0.15) is 5.10 Å². The molecular weight excluding hydrogens is 348 g/mol. The number of hydrogen-bond donors (Lipinski definition) is 1. The molecule has 5 nitrogen and oxygen atoms in total. The van der Waals surface area contributed by atoms with Crippen molar-refractivity contribution in [2.24, 2.45) is 0 Å².